The van der Waals surface area contributed by atoms with Crippen molar-refractivity contribution >= 4 is 34.9 Å². The smallest absolute Gasteiger partial charge is 0.416 e. The molecule has 18 heteroatoms. The normalized spacial score (nSPS) is 15.5. The number of hydrogen-bond donors (Lipinski definition) is 2. The van der Waals surface area contributed by atoms with Gasteiger partial charge in [0.25, 0.3) is 11.5 Å². The molecule has 252 valence electrons. The van der Waals surface area contributed by atoms with Gasteiger partial charge in [0.1, 0.15) is 24.2 Å². The van der Waals surface area contributed by atoms with Crippen LogP contribution < -0.4 is 10.9 Å². The lowest BCUT2D eigenvalue weighted by Gasteiger charge is -2.38. The fourth-order valence-electron chi connectivity index (χ4n) is 6.12. The van der Waals surface area contributed by atoms with E-state index in [-0.39, 0.29) is 77.6 Å². The van der Waals surface area contributed by atoms with Crippen LogP contribution in [0.3, 0.4) is 0 Å². The van der Waals surface area contributed by atoms with Crippen LogP contribution in [0.15, 0.2) is 53.7 Å². The standard InChI is InChI=1S/C31H25ClF3N9O5/c1-16-25(46)24(38-15-37-16)28(48)42-10-7-30(8-11-42)23-21(14-49-30)43(13-22(45)39-19-6-5-17(12-18(19)32)31(33,34)35)29-40-26(41-44(29)27(23)47)20-4-2-3-9-36-20/h2-6,9,12,15,46H,7-8,10-11,13-14H2,1H3,(H,39,45). The summed E-state index contributed by atoms with van der Waals surface area (Å²) in [5.74, 6) is -1.35. The van der Waals surface area contributed by atoms with Crippen LogP contribution in [0.2, 0.25) is 5.02 Å². The molecule has 2 N–H and O–H groups in total. The largest absolute Gasteiger partial charge is 0.504 e. The monoisotopic (exact) mass is 695 g/mol. The third kappa shape index (κ3) is 5.63. The van der Waals surface area contributed by atoms with Crippen LogP contribution in [0.1, 0.15) is 45.8 Å². The van der Waals surface area contributed by atoms with E-state index in [4.69, 9.17) is 16.3 Å². The Kier molecular flexibility index (Phi) is 7.82. The minimum Gasteiger partial charge on any atom is -0.504 e. The quantitative estimate of drug-likeness (QED) is 0.276. The van der Waals surface area contributed by atoms with E-state index < -0.39 is 41.3 Å². The predicted octanol–water partition coefficient (Wildman–Crippen LogP) is 3.73. The van der Waals surface area contributed by atoms with Gasteiger partial charge in [-0.1, -0.05) is 17.7 Å². The number of carbonyl (C=O) groups excluding carboxylic acids is 2. The number of nitrogens with zero attached hydrogens (tertiary/aromatic N) is 8. The molecule has 1 saturated heterocycles. The molecule has 4 aromatic heterocycles. The summed E-state index contributed by atoms with van der Waals surface area (Å²) in [4.78, 5) is 59.0. The van der Waals surface area contributed by atoms with Gasteiger partial charge in [-0.2, -0.15) is 22.7 Å². The van der Waals surface area contributed by atoms with Gasteiger partial charge in [0.2, 0.25) is 17.5 Å². The van der Waals surface area contributed by atoms with Crippen molar-refractivity contribution in [3.63, 3.8) is 0 Å². The molecule has 0 unspecified atom stereocenters. The van der Waals surface area contributed by atoms with E-state index in [0.717, 1.165) is 16.6 Å². The Morgan fingerprint density at radius 2 is 1.90 bits per heavy atom. The molecule has 0 aliphatic carbocycles. The predicted molar refractivity (Wildman–Crippen MR) is 166 cm³/mol. The highest BCUT2D eigenvalue weighted by molar-refractivity contribution is 6.33. The maximum Gasteiger partial charge on any atom is 0.416 e. The molecule has 6 heterocycles. The lowest BCUT2D eigenvalue weighted by molar-refractivity contribution is -0.137. The zero-order valence-corrected chi connectivity index (χ0v) is 26.3. The third-order valence-corrected chi connectivity index (χ3v) is 8.94. The number of likely N-dealkylation sites (tertiary alicyclic amines) is 1. The lowest BCUT2D eigenvalue weighted by atomic mass is 9.85. The highest BCUT2D eigenvalue weighted by Crippen LogP contribution is 2.43. The molecular weight excluding hydrogens is 671 g/mol. The van der Waals surface area contributed by atoms with Crippen LogP contribution in [-0.4, -0.2) is 69.0 Å². The Bertz CT molecular complexity index is 2200. The Morgan fingerprint density at radius 3 is 2.59 bits per heavy atom. The SMILES string of the molecule is Cc1ncnc(C(=O)N2CCC3(CC2)OCc2c3c(=O)n3nc(-c4ccccn4)nc3n2CC(=O)Nc2ccc(C(F)(F)F)cc2Cl)c1O. The van der Waals surface area contributed by atoms with Crippen LogP contribution in [0, 0.1) is 6.92 Å². The Hall–Kier alpha value is -5.42. The number of alkyl halides is 3. The number of piperidine rings is 1. The number of amides is 2. The summed E-state index contributed by atoms with van der Waals surface area (Å²) in [7, 11) is 0. The highest BCUT2D eigenvalue weighted by atomic mass is 35.5. The van der Waals surface area contributed by atoms with E-state index in [0.29, 0.717) is 17.5 Å². The molecule has 0 bridgehead atoms. The summed E-state index contributed by atoms with van der Waals surface area (Å²) < 4.78 is 48.3. The number of hydrogen-bond acceptors (Lipinski definition) is 10. The van der Waals surface area contributed by atoms with Crippen molar-refractivity contribution in [3.05, 3.63) is 92.5 Å². The summed E-state index contributed by atoms with van der Waals surface area (Å²) in [5, 5.41) is 17.0. The van der Waals surface area contributed by atoms with Crippen molar-refractivity contribution in [2.24, 2.45) is 0 Å². The summed E-state index contributed by atoms with van der Waals surface area (Å²) in [6, 6.07) is 7.66. The second kappa shape index (κ2) is 11.9. The molecule has 0 atom stereocenters. The number of aromatic nitrogens is 7. The van der Waals surface area contributed by atoms with Gasteiger partial charge >= 0.3 is 6.18 Å². The molecule has 1 spiro atoms. The number of rotatable bonds is 5. The van der Waals surface area contributed by atoms with Gasteiger partial charge in [-0.15, -0.1) is 5.10 Å². The van der Waals surface area contributed by atoms with Gasteiger partial charge in [-0.05, 0) is 50.1 Å². The number of benzene rings is 1. The Morgan fingerprint density at radius 1 is 1.12 bits per heavy atom. The van der Waals surface area contributed by atoms with Gasteiger partial charge in [-0.25, -0.2) is 9.97 Å². The molecule has 5 aromatic rings. The van der Waals surface area contributed by atoms with E-state index in [1.54, 1.807) is 25.1 Å². The molecule has 0 saturated carbocycles. The van der Waals surface area contributed by atoms with Crippen molar-refractivity contribution in [3.8, 4) is 17.3 Å². The number of aromatic hydroxyl groups is 1. The van der Waals surface area contributed by atoms with Crippen LogP contribution >= 0.6 is 11.6 Å². The van der Waals surface area contributed by atoms with Gasteiger partial charge in [0, 0.05) is 19.3 Å². The number of fused-ring (bicyclic) bond motifs is 3. The molecule has 7 rings (SSSR count). The average Bonchev–Trinajstić information content (AvgIpc) is 3.69. The number of anilines is 1. The van der Waals surface area contributed by atoms with Crippen LogP contribution in [0.5, 0.6) is 5.75 Å². The summed E-state index contributed by atoms with van der Waals surface area (Å²) >= 11 is 6.09. The molecule has 49 heavy (non-hydrogen) atoms. The van der Waals surface area contributed by atoms with E-state index in [1.165, 1.54) is 22.0 Å². The van der Waals surface area contributed by atoms with E-state index in [9.17, 15) is 32.7 Å². The number of ether oxygens (including phenoxy) is 1. The van der Waals surface area contributed by atoms with Crippen molar-refractivity contribution in [2.75, 3.05) is 18.4 Å². The first-order chi connectivity index (χ1) is 23.4. The summed E-state index contributed by atoms with van der Waals surface area (Å²) in [6.07, 6.45) is -1.49. The van der Waals surface area contributed by atoms with Gasteiger partial charge in [0.15, 0.2) is 11.4 Å². The molecule has 14 nitrogen and oxygen atoms in total. The first-order valence-corrected chi connectivity index (χ1v) is 15.3. The molecule has 1 aromatic carbocycles. The van der Waals surface area contributed by atoms with Gasteiger partial charge in [-0.3, -0.25) is 19.4 Å². The van der Waals surface area contributed by atoms with Crippen LogP contribution in [0.4, 0.5) is 18.9 Å². The topological polar surface area (TPSA) is 170 Å². The third-order valence-electron chi connectivity index (χ3n) is 8.63. The molecule has 2 amide bonds. The molecule has 2 aliphatic heterocycles. The molecule has 2 aliphatic rings. The summed E-state index contributed by atoms with van der Waals surface area (Å²) in [6.45, 7) is 1.35. The second-order valence-electron chi connectivity index (χ2n) is 11.5. The lowest BCUT2D eigenvalue weighted by Crippen LogP contribution is -2.47. The van der Waals surface area contributed by atoms with Crippen molar-refractivity contribution in [2.45, 2.75) is 44.7 Å². The average molecular weight is 696 g/mol. The Balaban J connectivity index is 1.24. The van der Waals surface area contributed by atoms with Gasteiger partial charge < -0.3 is 24.6 Å². The number of nitrogens with one attached hydrogen (secondary N) is 1. The first-order valence-electron chi connectivity index (χ1n) is 14.9. The van der Waals surface area contributed by atoms with E-state index >= 15 is 0 Å². The van der Waals surface area contributed by atoms with Crippen LogP contribution in [0.25, 0.3) is 17.3 Å². The second-order valence-corrected chi connectivity index (χ2v) is 12.0. The Labute approximate surface area is 279 Å². The van der Waals surface area contributed by atoms with E-state index in [2.05, 4.69) is 30.4 Å². The van der Waals surface area contributed by atoms with Crippen molar-refractivity contribution in [1.29, 1.82) is 0 Å². The number of pyridine rings is 1. The maximum atomic E-state index is 14.2. The number of halogens is 4. The van der Waals surface area contributed by atoms with Gasteiger partial charge in [0.05, 0.1) is 39.8 Å². The fraction of sp³-hybridized carbons (Fsp3) is 0.290. The highest BCUT2D eigenvalue weighted by Gasteiger charge is 2.48. The van der Waals surface area contributed by atoms with Crippen molar-refractivity contribution < 1.29 is 32.6 Å². The maximum absolute atomic E-state index is 14.2. The molecular formula is C31H25ClF3N9O5. The minimum absolute atomic E-state index is 0.0148. The van der Waals surface area contributed by atoms with Crippen molar-refractivity contribution in [1.82, 2.24) is 39.0 Å². The minimum atomic E-state index is -4.62. The summed E-state index contributed by atoms with van der Waals surface area (Å²) in [5.41, 5.74) is -1.59. The zero-order valence-electron chi connectivity index (χ0n) is 25.5. The fourth-order valence-corrected chi connectivity index (χ4v) is 6.35. The number of aryl methyl sites for hydroxylation is 1. The zero-order chi connectivity index (χ0) is 34.7. The van der Waals surface area contributed by atoms with Crippen LogP contribution in [-0.2, 0) is 34.5 Å². The number of carbonyl (C=O) groups is 2. The molecule has 0 radical (unpaired) electrons. The first kappa shape index (κ1) is 32.1. The molecule has 1 fully saturated rings. The van der Waals surface area contributed by atoms with E-state index in [1.807, 2.05) is 0 Å².